The van der Waals surface area contributed by atoms with Gasteiger partial charge in [-0.25, -0.2) is 4.90 Å². The molecule has 0 N–H and O–H groups in total. The molecule has 2 heterocycles. The smallest absolute Gasteiger partial charge is 0.266 e. The summed E-state index contributed by atoms with van der Waals surface area (Å²) >= 11 is 0. The Balaban J connectivity index is 1.31. The zero-order valence-corrected chi connectivity index (χ0v) is 15.6. The van der Waals surface area contributed by atoms with Gasteiger partial charge in [0.1, 0.15) is 0 Å². The lowest BCUT2D eigenvalue weighted by atomic mass is 9.81. The number of carbonyl (C=O) groups is 4. The Bertz CT molecular complexity index is 1040. The molecule has 4 aliphatic rings. The van der Waals surface area contributed by atoms with Crippen LogP contribution in [0.4, 0.5) is 11.4 Å². The molecule has 3 fully saturated rings. The van der Waals surface area contributed by atoms with Gasteiger partial charge in [-0.1, -0.05) is 12.1 Å². The normalized spacial score (nSPS) is 29.8. The van der Waals surface area contributed by atoms with Crippen LogP contribution in [0.2, 0.25) is 0 Å². The molecule has 4 atom stereocenters. The van der Waals surface area contributed by atoms with Gasteiger partial charge in [0, 0.05) is 0 Å². The van der Waals surface area contributed by atoms with E-state index in [-0.39, 0.29) is 35.5 Å². The van der Waals surface area contributed by atoms with Crippen molar-refractivity contribution in [3.63, 3.8) is 0 Å². The van der Waals surface area contributed by atoms with E-state index < -0.39 is 0 Å². The van der Waals surface area contributed by atoms with Crippen molar-refractivity contribution in [2.45, 2.75) is 19.3 Å². The second-order valence-corrected chi connectivity index (χ2v) is 8.40. The predicted octanol–water partition coefficient (Wildman–Crippen LogP) is 3.02. The highest BCUT2D eigenvalue weighted by molar-refractivity contribution is 6.34. The number of benzene rings is 2. The molecule has 0 unspecified atom stereocenters. The molecule has 2 aliphatic carbocycles. The van der Waals surface area contributed by atoms with Gasteiger partial charge < -0.3 is 0 Å². The van der Waals surface area contributed by atoms with Crippen LogP contribution in [-0.2, 0) is 9.59 Å². The third-order valence-electron chi connectivity index (χ3n) is 7.09. The lowest BCUT2D eigenvalue weighted by Crippen LogP contribution is -2.33. The SMILES string of the molecule is O=C1c2ccccc2C(=O)N1c1ccc(N2C(=O)[C@H]3[C@H]4CC[C@@H](C4)[C@@H]3C2=O)cc1. The maximum absolute atomic E-state index is 13.0. The molecule has 0 aromatic heterocycles. The van der Waals surface area contributed by atoms with Crippen molar-refractivity contribution in [3.05, 3.63) is 59.7 Å². The van der Waals surface area contributed by atoms with Crippen molar-refractivity contribution in [2.24, 2.45) is 23.7 Å². The van der Waals surface area contributed by atoms with Gasteiger partial charge >= 0.3 is 0 Å². The zero-order valence-electron chi connectivity index (χ0n) is 15.6. The number of carbonyl (C=O) groups excluding carboxylic acids is 4. The number of amides is 4. The topological polar surface area (TPSA) is 74.8 Å². The Morgan fingerprint density at radius 2 is 1.07 bits per heavy atom. The number of hydrogen-bond acceptors (Lipinski definition) is 4. The third-order valence-corrected chi connectivity index (χ3v) is 7.09. The number of hydrogen-bond donors (Lipinski definition) is 0. The first kappa shape index (κ1) is 16.7. The summed E-state index contributed by atoms with van der Waals surface area (Å²) in [5.74, 6) is -0.584. The number of anilines is 2. The van der Waals surface area contributed by atoms with E-state index in [4.69, 9.17) is 0 Å². The van der Waals surface area contributed by atoms with Crippen molar-refractivity contribution in [3.8, 4) is 0 Å². The van der Waals surface area contributed by atoms with Gasteiger partial charge in [0.25, 0.3) is 11.8 Å². The maximum atomic E-state index is 13.0. The second kappa shape index (κ2) is 5.63. The summed E-state index contributed by atoms with van der Waals surface area (Å²) < 4.78 is 0. The van der Waals surface area contributed by atoms with Crippen LogP contribution < -0.4 is 9.80 Å². The standard InChI is InChI=1S/C23H18N2O4/c26-20-16-3-1-2-4-17(16)21(27)24(20)14-7-9-15(10-8-14)25-22(28)18-12-5-6-13(11-12)19(18)23(25)29/h1-4,7-10,12-13,18-19H,5-6,11H2/t12-,13-,18-,19-/m0/s1. The van der Waals surface area contributed by atoms with Crippen molar-refractivity contribution in [2.75, 3.05) is 9.80 Å². The third kappa shape index (κ3) is 2.06. The fourth-order valence-corrected chi connectivity index (χ4v) is 5.84. The summed E-state index contributed by atoms with van der Waals surface area (Å²) in [6.07, 6.45) is 3.08. The first-order chi connectivity index (χ1) is 14.1. The summed E-state index contributed by atoms with van der Waals surface area (Å²) in [5, 5.41) is 0. The average Bonchev–Trinajstić information content (AvgIpc) is 3.47. The first-order valence-corrected chi connectivity index (χ1v) is 10.0. The second-order valence-electron chi connectivity index (χ2n) is 8.40. The average molecular weight is 386 g/mol. The minimum absolute atomic E-state index is 0.0966. The van der Waals surface area contributed by atoms with Crippen LogP contribution >= 0.6 is 0 Å². The molecule has 6 nitrogen and oxygen atoms in total. The minimum Gasteiger partial charge on any atom is -0.274 e. The van der Waals surface area contributed by atoms with E-state index in [9.17, 15) is 19.2 Å². The first-order valence-electron chi connectivity index (χ1n) is 10.0. The molecule has 2 saturated carbocycles. The van der Waals surface area contributed by atoms with E-state index in [0.29, 0.717) is 34.3 Å². The molecule has 0 radical (unpaired) electrons. The summed E-state index contributed by atoms with van der Waals surface area (Å²) in [4.78, 5) is 53.7. The number of rotatable bonds is 2. The van der Waals surface area contributed by atoms with Crippen LogP contribution in [0, 0.1) is 23.7 Å². The zero-order chi connectivity index (χ0) is 19.9. The largest absolute Gasteiger partial charge is 0.274 e. The van der Waals surface area contributed by atoms with Gasteiger partial charge in [-0.2, -0.15) is 0 Å². The highest BCUT2D eigenvalue weighted by Crippen LogP contribution is 2.56. The van der Waals surface area contributed by atoms with E-state index >= 15 is 0 Å². The van der Waals surface area contributed by atoms with Crippen molar-refractivity contribution in [1.29, 1.82) is 0 Å². The lowest BCUT2D eigenvalue weighted by Gasteiger charge is -2.19. The van der Waals surface area contributed by atoms with Gasteiger partial charge in [-0.3, -0.25) is 24.1 Å². The molecule has 144 valence electrons. The monoisotopic (exact) mass is 386 g/mol. The predicted molar refractivity (Wildman–Crippen MR) is 104 cm³/mol. The molecular formula is C23H18N2O4. The van der Waals surface area contributed by atoms with Crippen LogP contribution in [0.1, 0.15) is 40.0 Å². The van der Waals surface area contributed by atoms with Gasteiger partial charge in [0.2, 0.25) is 11.8 Å². The number of fused-ring (bicyclic) bond motifs is 6. The molecule has 2 aliphatic heterocycles. The quantitative estimate of drug-likeness (QED) is 0.744. The Hall–Kier alpha value is -3.28. The Morgan fingerprint density at radius 3 is 1.55 bits per heavy atom. The van der Waals surface area contributed by atoms with Crippen LogP contribution in [0.25, 0.3) is 0 Å². The van der Waals surface area contributed by atoms with E-state index in [1.165, 1.54) is 4.90 Å². The van der Waals surface area contributed by atoms with Crippen molar-refractivity contribution < 1.29 is 19.2 Å². The van der Waals surface area contributed by atoms with Gasteiger partial charge in [-0.15, -0.1) is 0 Å². The Kier molecular flexibility index (Phi) is 3.23. The molecule has 0 spiro atoms. The fourth-order valence-electron chi connectivity index (χ4n) is 5.84. The summed E-state index contributed by atoms with van der Waals surface area (Å²) in [6.45, 7) is 0. The molecule has 6 rings (SSSR count). The van der Waals surface area contributed by atoms with Gasteiger partial charge in [0.05, 0.1) is 34.3 Å². The molecular weight excluding hydrogens is 368 g/mol. The van der Waals surface area contributed by atoms with Gasteiger partial charge in [0.15, 0.2) is 0 Å². The van der Waals surface area contributed by atoms with Crippen LogP contribution in [0.15, 0.2) is 48.5 Å². The number of nitrogens with zero attached hydrogens (tertiary/aromatic N) is 2. The molecule has 29 heavy (non-hydrogen) atoms. The Morgan fingerprint density at radius 1 is 0.621 bits per heavy atom. The highest BCUT2D eigenvalue weighted by Gasteiger charge is 2.61. The summed E-state index contributed by atoms with van der Waals surface area (Å²) in [7, 11) is 0. The van der Waals surface area contributed by atoms with E-state index in [1.54, 1.807) is 48.5 Å². The van der Waals surface area contributed by atoms with E-state index in [0.717, 1.165) is 24.2 Å². The van der Waals surface area contributed by atoms with Crippen LogP contribution in [-0.4, -0.2) is 23.6 Å². The molecule has 2 aromatic carbocycles. The molecule has 6 heteroatoms. The summed E-state index contributed by atoms with van der Waals surface area (Å²) in [5.41, 5.74) is 1.71. The molecule has 1 saturated heterocycles. The van der Waals surface area contributed by atoms with Crippen LogP contribution in [0.3, 0.4) is 0 Å². The minimum atomic E-state index is -0.363. The molecule has 4 amide bonds. The molecule has 2 bridgehead atoms. The Labute approximate surface area is 167 Å². The lowest BCUT2D eigenvalue weighted by molar-refractivity contribution is -0.123. The van der Waals surface area contributed by atoms with Crippen molar-refractivity contribution in [1.82, 2.24) is 0 Å². The van der Waals surface area contributed by atoms with E-state index in [1.807, 2.05) is 0 Å². The summed E-state index contributed by atoms with van der Waals surface area (Å²) in [6, 6.07) is 13.3. The van der Waals surface area contributed by atoms with Gasteiger partial charge in [-0.05, 0) is 67.5 Å². The maximum Gasteiger partial charge on any atom is 0.266 e. The number of imide groups is 2. The molecule has 2 aromatic rings. The van der Waals surface area contributed by atoms with Crippen molar-refractivity contribution >= 4 is 35.0 Å². The highest BCUT2D eigenvalue weighted by atomic mass is 16.2. The fraction of sp³-hybridized carbons (Fsp3) is 0.304. The van der Waals surface area contributed by atoms with Crippen LogP contribution in [0.5, 0.6) is 0 Å². The van der Waals surface area contributed by atoms with E-state index in [2.05, 4.69) is 0 Å².